The summed E-state index contributed by atoms with van der Waals surface area (Å²) in [5, 5.41) is 3.60. The van der Waals surface area contributed by atoms with Gasteiger partial charge in [-0.05, 0) is 32.4 Å². The van der Waals surface area contributed by atoms with Crippen LogP contribution in [0.5, 0.6) is 0 Å². The van der Waals surface area contributed by atoms with Crippen LogP contribution in [-0.4, -0.2) is 36.6 Å². The van der Waals surface area contributed by atoms with Gasteiger partial charge in [-0.25, -0.2) is 0 Å². The molecule has 0 aromatic carbocycles. The van der Waals surface area contributed by atoms with Gasteiger partial charge in [-0.15, -0.1) is 0 Å². The highest BCUT2D eigenvalue weighted by molar-refractivity contribution is 4.88. The molecule has 2 bridgehead atoms. The Labute approximate surface area is 69.0 Å². The fraction of sp³-hybridized carbons (Fsp3) is 1.00. The van der Waals surface area contributed by atoms with Crippen LogP contribution in [0.2, 0.25) is 0 Å². The second-order valence-corrected chi connectivity index (χ2v) is 3.75. The molecule has 0 aromatic rings. The summed E-state index contributed by atoms with van der Waals surface area (Å²) in [5.41, 5.74) is 0. The maximum absolute atomic E-state index is 3.60. The third-order valence-electron chi connectivity index (χ3n) is 3.18. The molecule has 2 nitrogen and oxygen atoms in total. The van der Waals surface area contributed by atoms with E-state index in [0.29, 0.717) is 0 Å². The normalized spacial score (nSPS) is 39.0. The van der Waals surface area contributed by atoms with E-state index in [1.165, 1.54) is 38.9 Å². The number of piperidine rings is 1. The molecule has 0 spiro atoms. The summed E-state index contributed by atoms with van der Waals surface area (Å²) in [5.74, 6) is 0. The first kappa shape index (κ1) is 7.56. The van der Waals surface area contributed by atoms with Crippen LogP contribution in [0.1, 0.15) is 26.2 Å². The van der Waals surface area contributed by atoms with Gasteiger partial charge >= 0.3 is 0 Å². The number of hydrogen-bond donors (Lipinski definition) is 1. The predicted octanol–water partition coefficient (Wildman–Crippen LogP) is 0.833. The molecule has 3 heterocycles. The lowest BCUT2D eigenvalue weighted by molar-refractivity contribution is 0.206. The van der Waals surface area contributed by atoms with E-state index in [4.69, 9.17) is 0 Å². The molecule has 2 unspecified atom stereocenters. The Balaban J connectivity index is 2.03. The minimum absolute atomic E-state index is 0.836. The molecule has 64 valence electrons. The second kappa shape index (κ2) is 3.11. The van der Waals surface area contributed by atoms with Crippen LogP contribution in [0, 0.1) is 0 Å². The van der Waals surface area contributed by atoms with E-state index in [0.717, 1.165) is 12.1 Å². The van der Waals surface area contributed by atoms with Crippen molar-refractivity contribution < 1.29 is 0 Å². The van der Waals surface area contributed by atoms with Crippen molar-refractivity contribution >= 4 is 0 Å². The average molecular weight is 154 g/mol. The minimum Gasteiger partial charge on any atom is -0.312 e. The lowest BCUT2D eigenvalue weighted by Gasteiger charge is -2.30. The van der Waals surface area contributed by atoms with E-state index >= 15 is 0 Å². The molecule has 3 aliphatic rings. The first-order chi connectivity index (χ1) is 5.40. The van der Waals surface area contributed by atoms with E-state index in [-0.39, 0.29) is 0 Å². The predicted molar refractivity (Wildman–Crippen MR) is 46.7 cm³/mol. The molecule has 3 saturated heterocycles. The Morgan fingerprint density at radius 3 is 2.91 bits per heavy atom. The van der Waals surface area contributed by atoms with Gasteiger partial charge < -0.3 is 5.32 Å². The molecule has 3 aliphatic heterocycles. The van der Waals surface area contributed by atoms with Crippen molar-refractivity contribution in [2.75, 3.05) is 19.6 Å². The molecule has 3 rings (SSSR count). The van der Waals surface area contributed by atoms with Crippen molar-refractivity contribution in [1.82, 2.24) is 10.2 Å². The quantitative estimate of drug-likeness (QED) is 0.602. The van der Waals surface area contributed by atoms with Gasteiger partial charge in [-0.1, -0.05) is 6.92 Å². The maximum atomic E-state index is 3.60. The average Bonchev–Trinajstić information content (AvgIpc) is 2.36. The molecule has 0 aromatic heterocycles. The summed E-state index contributed by atoms with van der Waals surface area (Å²) in [6, 6.07) is 1.68. The van der Waals surface area contributed by atoms with Crippen LogP contribution in [0.15, 0.2) is 0 Å². The third-order valence-corrected chi connectivity index (χ3v) is 3.18. The zero-order chi connectivity index (χ0) is 7.68. The molecule has 2 heteroatoms. The Morgan fingerprint density at radius 2 is 2.27 bits per heavy atom. The Kier molecular flexibility index (Phi) is 2.14. The van der Waals surface area contributed by atoms with Gasteiger partial charge in [-0.3, -0.25) is 4.90 Å². The van der Waals surface area contributed by atoms with Gasteiger partial charge in [0, 0.05) is 18.6 Å². The number of fused-ring (bicyclic) bond motifs is 4. The van der Waals surface area contributed by atoms with Gasteiger partial charge in [0.2, 0.25) is 0 Å². The summed E-state index contributed by atoms with van der Waals surface area (Å²) < 4.78 is 0. The lowest BCUT2D eigenvalue weighted by atomic mass is 10.0. The topological polar surface area (TPSA) is 15.3 Å². The molecular formula is C9H18N2. The highest BCUT2D eigenvalue weighted by Crippen LogP contribution is 2.20. The molecule has 3 fully saturated rings. The first-order valence-electron chi connectivity index (χ1n) is 4.87. The van der Waals surface area contributed by atoms with Crippen LogP contribution in [-0.2, 0) is 0 Å². The molecule has 11 heavy (non-hydrogen) atoms. The van der Waals surface area contributed by atoms with Gasteiger partial charge in [0.1, 0.15) is 0 Å². The number of nitrogens with one attached hydrogen (secondary N) is 1. The molecule has 0 aliphatic carbocycles. The fourth-order valence-electron chi connectivity index (χ4n) is 2.38. The largest absolute Gasteiger partial charge is 0.312 e. The summed E-state index contributed by atoms with van der Waals surface area (Å²) in [6.07, 6.45) is 4.19. The Morgan fingerprint density at radius 1 is 1.36 bits per heavy atom. The fourth-order valence-corrected chi connectivity index (χ4v) is 2.38. The van der Waals surface area contributed by atoms with E-state index < -0.39 is 0 Å². The number of nitrogens with zero attached hydrogens (tertiary/aromatic N) is 1. The minimum atomic E-state index is 0.836. The van der Waals surface area contributed by atoms with Crippen molar-refractivity contribution in [2.24, 2.45) is 0 Å². The smallest absolute Gasteiger partial charge is 0.0221 e. The molecule has 0 radical (unpaired) electrons. The van der Waals surface area contributed by atoms with E-state index in [1.54, 1.807) is 0 Å². The lowest BCUT2D eigenvalue weighted by Crippen LogP contribution is -2.44. The molecule has 0 amide bonds. The standard InChI is InChI=1S/C9H18N2/c1-2-11-6-5-8-3-4-9(11)7-10-8/h8-10H,2-7H2,1H3. The molecule has 0 saturated carbocycles. The van der Waals surface area contributed by atoms with Gasteiger partial charge in [0.15, 0.2) is 0 Å². The SMILES string of the molecule is CCN1CCC2CCC1CN2. The Hall–Kier alpha value is -0.0800. The van der Waals surface area contributed by atoms with Crippen molar-refractivity contribution in [3.63, 3.8) is 0 Å². The van der Waals surface area contributed by atoms with Gasteiger partial charge in [0.05, 0.1) is 0 Å². The number of rotatable bonds is 1. The highest BCUT2D eigenvalue weighted by atomic mass is 15.2. The van der Waals surface area contributed by atoms with E-state index in [2.05, 4.69) is 17.1 Å². The summed E-state index contributed by atoms with van der Waals surface area (Å²) in [7, 11) is 0. The summed E-state index contributed by atoms with van der Waals surface area (Å²) in [6.45, 7) is 6.06. The van der Waals surface area contributed by atoms with Crippen molar-refractivity contribution in [3.8, 4) is 0 Å². The van der Waals surface area contributed by atoms with E-state index in [9.17, 15) is 0 Å². The van der Waals surface area contributed by atoms with Crippen molar-refractivity contribution in [3.05, 3.63) is 0 Å². The van der Waals surface area contributed by atoms with Crippen molar-refractivity contribution in [2.45, 2.75) is 38.3 Å². The number of likely N-dealkylation sites (N-methyl/N-ethyl adjacent to an activating group) is 1. The van der Waals surface area contributed by atoms with Crippen LogP contribution < -0.4 is 5.32 Å². The summed E-state index contributed by atoms with van der Waals surface area (Å²) >= 11 is 0. The van der Waals surface area contributed by atoms with Crippen LogP contribution in [0.4, 0.5) is 0 Å². The van der Waals surface area contributed by atoms with Crippen molar-refractivity contribution in [1.29, 1.82) is 0 Å². The van der Waals surface area contributed by atoms with Gasteiger partial charge in [-0.2, -0.15) is 0 Å². The van der Waals surface area contributed by atoms with Crippen LogP contribution >= 0.6 is 0 Å². The molecular weight excluding hydrogens is 136 g/mol. The maximum Gasteiger partial charge on any atom is 0.0221 e. The first-order valence-corrected chi connectivity index (χ1v) is 4.87. The van der Waals surface area contributed by atoms with E-state index in [1.807, 2.05) is 0 Å². The van der Waals surface area contributed by atoms with Crippen LogP contribution in [0.25, 0.3) is 0 Å². The molecule has 2 atom stereocenters. The Bertz CT molecular complexity index is 128. The zero-order valence-electron chi connectivity index (χ0n) is 7.34. The third kappa shape index (κ3) is 1.42. The van der Waals surface area contributed by atoms with Gasteiger partial charge in [0.25, 0.3) is 0 Å². The highest BCUT2D eigenvalue weighted by Gasteiger charge is 2.28. The second-order valence-electron chi connectivity index (χ2n) is 3.75. The number of hydrogen-bond acceptors (Lipinski definition) is 2. The zero-order valence-corrected chi connectivity index (χ0v) is 7.34. The monoisotopic (exact) mass is 154 g/mol. The van der Waals surface area contributed by atoms with Crippen LogP contribution in [0.3, 0.4) is 0 Å². The molecule has 1 N–H and O–H groups in total. The summed E-state index contributed by atoms with van der Waals surface area (Å²) in [4.78, 5) is 2.62.